The van der Waals surface area contributed by atoms with Crippen LogP contribution in [0.1, 0.15) is 44.4 Å². The molecule has 18 heavy (non-hydrogen) atoms. The molecule has 0 spiro atoms. The van der Waals surface area contributed by atoms with Crippen LogP contribution in [0.15, 0.2) is 18.2 Å². The molecule has 2 atom stereocenters. The van der Waals surface area contributed by atoms with E-state index in [1.54, 1.807) is 0 Å². The first kappa shape index (κ1) is 14.2. The minimum atomic E-state index is 0.442. The predicted octanol–water partition coefficient (Wildman–Crippen LogP) is 4.65. The number of fused-ring (bicyclic) bond motifs is 1. The molecular formula is C15H22ClNS. The fourth-order valence-corrected chi connectivity index (χ4v) is 4.18. The van der Waals surface area contributed by atoms with Gasteiger partial charge >= 0.3 is 0 Å². The Morgan fingerprint density at radius 2 is 2.22 bits per heavy atom. The molecule has 0 amide bonds. The van der Waals surface area contributed by atoms with E-state index in [2.05, 4.69) is 50.0 Å². The first-order valence-corrected chi connectivity index (χ1v) is 8.19. The smallest absolute Gasteiger partial charge is 0.0446 e. The highest BCUT2D eigenvalue weighted by atomic mass is 35.5. The van der Waals surface area contributed by atoms with Gasteiger partial charge in [-0.05, 0) is 42.1 Å². The highest BCUT2D eigenvalue weighted by Crippen LogP contribution is 2.41. The monoisotopic (exact) mass is 283 g/mol. The molecule has 0 saturated heterocycles. The van der Waals surface area contributed by atoms with Crippen LogP contribution in [0.5, 0.6) is 0 Å². The molecule has 0 aliphatic carbocycles. The van der Waals surface area contributed by atoms with Crippen LogP contribution in [0.4, 0.5) is 0 Å². The molecule has 1 nitrogen and oxygen atoms in total. The summed E-state index contributed by atoms with van der Waals surface area (Å²) in [6, 6.07) is 6.78. The number of nitrogens with one attached hydrogen (secondary N) is 1. The average molecular weight is 284 g/mol. The van der Waals surface area contributed by atoms with Crippen LogP contribution < -0.4 is 5.32 Å². The zero-order valence-electron chi connectivity index (χ0n) is 11.4. The van der Waals surface area contributed by atoms with Gasteiger partial charge < -0.3 is 5.32 Å². The quantitative estimate of drug-likeness (QED) is 0.863. The van der Waals surface area contributed by atoms with Crippen molar-refractivity contribution in [2.45, 2.75) is 44.2 Å². The minimum absolute atomic E-state index is 0.442. The molecule has 0 aromatic heterocycles. The van der Waals surface area contributed by atoms with Crippen LogP contribution in [0, 0.1) is 5.92 Å². The van der Waals surface area contributed by atoms with Crippen LogP contribution in [0.3, 0.4) is 0 Å². The first-order chi connectivity index (χ1) is 8.63. The topological polar surface area (TPSA) is 12.0 Å². The Morgan fingerprint density at radius 3 is 2.89 bits per heavy atom. The van der Waals surface area contributed by atoms with E-state index >= 15 is 0 Å². The van der Waals surface area contributed by atoms with E-state index in [4.69, 9.17) is 11.6 Å². The fourth-order valence-electron chi connectivity index (χ4n) is 2.55. The van der Waals surface area contributed by atoms with Crippen molar-refractivity contribution in [3.05, 3.63) is 34.3 Å². The normalized spacial score (nSPS) is 23.2. The largest absolute Gasteiger partial charge is 0.309 e. The molecule has 1 aromatic rings. The van der Waals surface area contributed by atoms with Crippen molar-refractivity contribution in [3.8, 4) is 0 Å². The highest BCUT2D eigenvalue weighted by molar-refractivity contribution is 7.99. The second-order valence-electron chi connectivity index (χ2n) is 5.29. The summed E-state index contributed by atoms with van der Waals surface area (Å²) in [7, 11) is 0. The second-order valence-corrected chi connectivity index (χ2v) is 6.90. The van der Waals surface area contributed by atoms with Gasteiger partial charge in [-0.3, -0.25) is 0 Å². The second kappa shape index (κ2) is 6.31. The number of hydrogen-bond donors (Lipinski definition) is 1. The summed E-state index contributed by atoms with van der Waals surface area (Å²) in [6.07, 6.45) is 1.17. The van der Waals surface area contributed by atoms with E-state index in [1.807, 2.05) is 6.07 Å². The standard InChI is InChI=1S/C15H22ClNS/c1-4-7-17-14-13-8-12(16)6-5-11(13)9-18-15(14)10(2)3/h5-6,8,10,14-15,17H,4,7,9H2,1-3H3. The number of thioether (sulfide) groups is 1. The summed E-state index contributed by atoms with van der Waals surface area (Å²) in [6.45, 7) is 7.91. The Labute approximate surface area is 120 Å². The van der Waals surface area contributed by atoms with Gasteiger partial charge in [-0.15, -0.1) is 0 Å². The fraction of sp³-hybridized carbons (Fsp3) is 0.600. The van der Waals surface area contributed by atoms with Crippen molar-refractivity contribution in [2.24, 2.45) is 5.92 Å². The van der Waals surface area contributed by atoms with Crippen molar-refractivity contribution in [2.75, 3.05) is 6.54 Å². The van der Waals surface area contributed by atoms with E-state index in [9.17, 15) is 0 Å². The number of halogens is 1. The molecule has 100 valence electrons. The molecule has 1 N–H and O–H groups in total. The third-order valence-corrected chi connectivity index (χ3v) is 5.39. The van der Waals surface area contributed by atoms with Gasteiger partial charge in [-0.1, -0.05) is 38.4 Å². The predicted molar refractivity (Wildman–Crippen MR) is 82.4 cm³/mol. The number of rotatable bonds is 4. The Kier molecular flexibility index (Phi) is 4.99. The van der Waals surface area contributed by atoms with Crippen molar-refractivity contribution in [1.82, 2.24) is 5.32 Å². The zero-order chi connectivity index (χ0) is 13.1. The maximum Gasteiger partial charge on any atom is 0.0446 e. The van der Waals surface area contributed by atoms with Gasteiger partial charge in [0.2, 0.25) is 0 Å². The Balaban J connectivity index is 2.31. The average Bonchev–Trinajstić information content (AvgIpc) is 2.35. The maximum absolute atomic E-state index is 6.17. The summed E-state index contributed by atoms with van der Waals surface area (Å²) >= 11 is 8.24. The minimum Gasteiger partial charge on any atom is -0.309 e. The van der Waals surface area contributed by atoms with Crippen LogP contribution in [-0.2, 0) is 5.75 Å². The van der Waals surface area contributed by atoms with Crippen LogP contribution in [-0.4, -0.2) is 11.8 Å². The zero-order valence-corrected chi connectivity index (χ0v) is 12.9. The third-order valence-electron chi connectivity index (χ3n) is 3.47. The Bertz CT molecular complexity index is 405. The SMILES string of the molecule is CCCNC1c2cc(Cl)ccc2CSC1C(C)C. The lowest BCUT2D eigenvalue weighted by Crippen LogP contribution is -2.36. The van der Waals surface area contributed by atoms with E-state index in [0.717, 1.165) is 17.3 Å². The third kappa shape index (κ3) is 3.04. The molecule has 1 aromatic carbocycles. The van der Waals surface area contributed by atoms with Gasteiger partial charge in [0, 0.05) is 22.1 Å². The van der Waals surface area contributed by atoms with Crippen molar-refractivity contribution in [1.29, 1.82) is 0 Å². The molecule has 1 aliphatic rings. The van der Waals surface area contributed by atoms with Crippen LogP contribution in [0.2, 0.25) is 5.02 Å². The van der Waals surface area contributed by atoms with Crippen LogP contribution in [0.25, 0.3) is 0 Å². The summed E-state index contributed by atoms with van der Waals surface area (Å²) in [4.78, 5) is 0. The van der Waals surface area contributed by atoms with Gasteiger partial charge in [0.1, 0.15) is 0 Å². The molecular weight excluding hydrogens is 262 g/mol. The molecule has 1 aliphatic heterocycles. The maximum atomic E-state index is 6.17. The molecule has 2 rings (SSSR count). The molecule has 0 fully saturated rings. The lowest BCUT2D eigenvalue weighted by Gasteiger charge is -2.36. The van der Waals surface area contributed by atoms with E-state index < -0.39 is 0 Å². The lowest BCUT2D eigenvalue weighted by atomic mass is 9.92. The number of hydrogen-bond acceptors (Lipinski definition) is 2. The number of benzene rings is 1. The Hall–Kier alpha value is -0.180. The van der Waals surface area contributed by atoms with Gasteiger partial charge in [-0.2, -0.15) is 11.8 Å². The van der Waals surface area contributed by atoms with Crippen LogP contribution >= 0.6 is 23.4 Å². The van der Waals surface area contributed by atoms with Crippen molar-refractivity contribution >= 4 is 23.4 Å². The molecule has 0 bridgehead atoms. The summed E-state index contributed by atoms with van der Waals surface area (Å²) in [5, 5.41) is 5.20. The summed E-state index contributed by atoms with van der Waals surface area (Å²) < 4.78 is 0. The van der Waals surface area contributed by atoms with E-state index in [1.165, 1.54) is 17.5 Å². The van der Waals surface area contributed by atoms with Gasteiger partial charge in [0.25, 0.3) is 0 Å². The molecule has 3 heteroatoms. The molecule has 2 unspecified atom stereocenters. The van der Waals surface area contributed by atoms with E-state index in [-0.39, 0.29) is 0 Å². The van der Waals surface area contributed by atoms with E-state index in [0.29, 0.717) is 17.2 Å². The lowest BCUT2D eigenvalue weighted by molar-refractivity contribution is 0.438. The summed E-state index contributed by atoms with van der Waals surface area (Å²) in [5.41, 5.74) is 2.85. The van der Waals surface area contributed by atoms with Gasteiger partial charge in [0.05, 0.1) is 0 Å². The van der Waals surface area contributed by atoms with Gasteiger partial charge in [-0.25, -0.2) is 0 Å². The molecule has 0 radical (unpaired) electrons. The molecule has 0 saturated carbocycles. The summed E-state index contributed by atoms with van der Waals surface area (Å²) in [5.74, 6) is 1.79. The van der Waals surface area contributed by atoms with Crippen molar-refractivity contribution < 1.29 is 0 Å². The van der Waals surface area contributed by atoms with Gasteiger partial charge in [0.15, 0.2) is 0 Å². The first-order valence-electron chi connectivity index (χ1n) is 6.76. The highest BCUT2D eigenvalue weighted by Gasteiger charge is 2.31. The Morgan fingerprint density at radius 1 is 1.44 bits per heavy atom. The van der Waals surface area contributed by atoms with Crippen molar-refractivity contribution in [3.63, 3.8) is 0 Å². The molecule has 1 heterocycles.